The zero-order valence-corrected chi connectivity index (χ0v) is 18.2. The maximum Gasteiger partial charge on any atom is 0.257 e. The summed E-state index contributed by atoms with van der Waals surface area (Å²) < 4.78 is 11.0. The summed E-state index contributed by atoms with van der Waals surface area (Å²) in [5, 5.41) is 13.8. The number of carbonyl (C=O) groups excluding carboxylic acids is 2. The molecule has 2 N–H and O–H groups in total. The van der Waals surface area contributed by atoms with Crippen molar-refractivity contribution in [1.82, 2.24) is 10.2 Å². The van der Waals surface area contributed by atoms with Gasteiger partial charge in [0.05, 0.1) is 25.7 Å². The van der Waals surface area contributed by atoms with Crippen LogP contribution in [0.4, 0.5) is 10.8 Å². The molecule has 0 saturated heterocycles. The van der Waals surface area contributed by atoms with Gasteiger partial charge in [-0.15, -0.1) is 10.2 Å². The third-order valence-corrected chi connectivity index (χ3v) is 5.92. The average molecular weight is 445 g/mol. The number of aryl methyl sites for hydroxylation is 1. The number of benzene rings is 2. The van der Waals surface area contributed by atoms with Crippen molar-refractivity contribution in [2.75, 3.05) is 30.6 Å². The second-order valence-electron chi connectivity index (χ2n) is 6.10. The van der Waals surface area contributed by atoms with Crippen molar-refractivity contribution in [3.63, 3.8) is 0 Å². The van der Waals surface area contributed by atoms with Crippen LogP contribution < -0.4 is 20.1 Å². The average Bonchev–Trinajstić information content (AvgIpc) is 3.20. The number of methoxy groups -OCH3 is 2. The van der Waals surface area contributed by atoms with Crippen LogP contribution in [0.5, 0.6) is 11.5 Å². The van der Waals surface area contributed by atoms with Gasteiger partial charge in [-0.3, -0.25) is 14.9 Å². The quantitative estimate of drug-likeness (QED) is 0.402. The molecule has 3 aromatic rings. The number of anilines is 2. The lowest BCUT2D eigenvalue weighted by molar-refractivity contribution is -0.113. The minimum absolute atomic E-state index is 0.126. The summed E-state index contributed by atoms with van der Waals surface area (Å²) in [5.41, 5.74) is 2.13. The number of thioether (sulfide) groups is 1. The largest absolute Gasteiger partial charge is 0.497 e. The molecule has 2 amide bonds. The van der Waals surface area contributed by atoms with Crippen molar-refractivity contribution in [1.29, 1.82) is 0 Å². The van der Waals surface area contributed by atoms with Crippen molar-refractivity contribution in [3.8, 4) is 11.5 Å². The summed E-state index contributed by atoms with van der Waals surface area (Å²) >= 11 is 2.43. The van der Waals surface area contributed by atoms with E-state index in [2.05, 4.69) is 20.8 Å². The van der Waals surface area contributed by atoms with E-state index in [-0.39, 0.29) is 17.6 Å². The number of aromatic nitrogens is 2. The molecule has 0 spiro atoms. The van der Waals surface area contributed by atoms with Gasteiger partial charge in [0.2, 0.25) is 11.0 Å². The summed E-state index contributed by atoms with van der Waals surface area (Å²) in [5.74, 6) is 0.779. The fourth-order valence-electron chi connectivity index (χ4n) is 2.42. The molecule has 2 aromatic carbocycles. The zero-order valence-electron chi connectivity index (χ0n) is 16.6. The lowest BCUT2D eigenvalue weighted by Gasteiger charge is -2.11. The molecule has 0 aliphatic rings. The lowest BCUT2D eigenvalue weighted by atomic mass is 10.1. The molecule has 30 heavy (non-hydrogen) atoms. The van der Waals surface area contributed by atoms with E-state index in [0.717, 1.165) is 5.56 Å². The molecule has 3 rings (SSSR count). The van der Waals surface area contributed by atoms with Crippen LogP contribution in [0, 0.1) is 6.92 Å². The first-order valence-corrected chi connectivity index (χ1v) is 10.6. The van der Waals surface area contributed by atoms with Gasteiger partial charge >= 0.3 is 0 Å². The molecule has 0 aliphatic heterocycles. The lowest BCUT2D eigenvalue weighted by Crippen LogP contribution is -2.14. The van der Waals surface area contributed by atoms with E-state index in [0.29, 0.717) is 32.2 Å². The highest BCUT2D eigenvalue weighted by atomic mass is 32.2. The second kappa shape index (κ2) is 10.1. The Balaban J connectivity index is 1.54. The van der Waals surface area contributed by atoms with E-state index in [4.69, 9.17) is 9.47 Å². The van der Waals surface area contributed by atoms with Crippen LogP contribution in [-0.4, -0.2) is 42.0 Å². The standard InChI is InChI=1S/C20H20N4O4S2/c1-12-4-6-13(7-5-12)18(26)22-19-23-24-20(30-19)29-11-17(25)21-15-10-14(27-2)8-9-16(15)28-3/h4-10H,11H2,1-3H3,(H,21,25)(H,22,23,26). The van der Waals surface area contributed by atoms with E-state index < -0.39 is 0 Å². The molecule has 0 radical (unpaired) electrons. The molecule has 156 valence electrons. The number of rotatable bonds is 8. The van der Waals surface area contributed by atoms with Crippen LogP contribution in [0.3, 0.4) is 0 Å². The molecular weight excluding hydrogens is 424 g/mol. The highest BCUT2D eigenvalue weighted by molar-refractivity contribution is 8.01. The van der Waals surface area contributed by atoms with E-state index in [1.54, 1.807) is 37.4 Å². The molecule has 1 heterocycles. The maximum atomic E-state index is 12.3. The molecule has 0 bridgehead atoms. The smallest absolute Gasteiger partial charge is 0.257 e. The Bertz CT molecular complexity index is 1040. The number of hydrogen-bond acceptors (Lipinski definition) is 8. The number of hydrogen-bond donors (Lipinski definition) is 2. The van der Waals surface area contributed by atoms with Gasteiger partial charge in [-0.25, -0.2) is 0 Å². The van der Waals surface area contributed by atoms with Gasteiger partial charge in [0.25, 0.3) is 5.91 Å². The molecule has 0 aliphatic carbocycles. The van der Waals surface area contributed by atoms with Gasteiger partial charge in [0.15, 0.2) is 4.34 Å². The van der Waals surface area contributed by atoms with Gasteiger partial charge in [-0.05, 0) is 31.2 Å². The fraction of sp³-hybridized carbons (Fsp3) is 0.200. The van der Waals surface area contributed by atoms with Crippen LogP contribution >= 0.6 is 23.1 Å². The third kappa shape index (κ3) is 5.71. The SMILES string of the molecule is COc1ccc(OC)c(NC(=O)CSc2nnc(NC(=O)c3ccc(C)cc3)s2)c1. The van der Waals surface area contributed by atoms with Crippen LogP contribution in [0.15, 0.2) is 46.8 Å². The van der Waals surface area contributed by atoms with Crippen molar-refractivity contribution >= 4 is 45.7 Å². The second-order valence-corrected chi connectivity index (χ2v) is 8.30. The minimum atomic E-state index is -0.259. The van der Waals surface area contributed by atoms with Crippen LogP contribution in [0.25, 0.3) is 0 Å². The van der Waals surface area contributed by atoms with E-state index in [1.165, 1.54) is 30.2 Å². The predicted octanol–water partition coefficient (Wildman–Crippen LogP) is 3.85. The monoisotopic (exact) mass is 444 g/mol. The van der Waals surface area contributed by atoms with Crippen molar-refractivity contribution in [2.45, 2.75) is 11.3 Å². The van der Waals surface area contributed by atoms with Gasteiger partial charge in [0, 0.05) is 11.6 Å². The number of ether oxygens (including phenoxy) is 2. The summed E-state index contributed by atoms with van der Waals surface area (Å²) in [4.78, 5) is 24.6. The van der Waals surface area contributed by atoms with Crippen LogP contribution in [0.2, 0.25) is 0 Å². The van der Waals surface area contributed by atoms with E-state index in [1.807, 2.05) is 19.1 Å². The summed E-state index contributed by atoms with van der Waals surface area (Å²) in [6.07, 6.45) is 0. The molecule has 0 saturated carbocycles. The molecule has 0 atom stereocenters. The van der Waals surface area contributed by atoms with Gasteiger partial charge < -0.3 is 14.8 Å². The number of carbonyl (C=O) groups is 2. The molecule has 0 unspecified atom stereocenters. The molecule has 10 heteroatoms. The highest BCUT2D eigenvalue weighted by Crippen LogP contribution is 2.30. The van der Waals surface area contributed by atoms with E-state index in [9.17, 15) is 9.59 Å². The first-order chi connectivity index (χ1) is 14.5. The summed E-state index contributed by atoms with van der Waals surface area (Å²) in [7, 11) is 3.08. The van der Waals surface area contributed by atoms with Crippen LogP contribution in [0.1, 0.15) is 15.9 Å². The first-order valence-electron chi connectivity index (χ1n) is 8.84. The third-order valence-electron chi connectivity index (χ3n) is 3.95. The van der Waals surface area contributed by atoms with Crippen LogP contribution in [-0.2, 0) is 4.79 Å². The Morgan fingerprint density at radius 1 is 1.03 bits per heavy atom. The topological polar surface area (TPSA) is 102 Å². The molecule has 8 nitrogen and oxygen atoms in total. The molecule has 0 fully saturated rings. The van der Waals surface area contributed by atoms with Gasteiger partial charge in [-0.1, -0.05) is 40.8 Å². The van der Waals surface area contributed by atoms with Crippen molar-refractivity contribution in [2.24, 2.45) is 0 Å². The summed E-state index contributed by atoms with van der Waals surface area (Å²) in [6, 6.07) is 12.4. The highest BCUT2D eigenvalue weighted by Gasteiger charge is 2.13. The normalized spacial score (nSPS) is 10.4. The number of nitrogens with zero attached hydrogens (tertiary/aromatic N) is 2. The number of nitrogens with one attached hydrogen (secondary N) is 2. The molecular formula is C20H20N4O4S2. The van der Waals surface area contributed by atoms with E-state index >= 15 is 0 Å². The Hall–Kier alpha value is -3.11. The first kappa shape index (κ1) is 21.6. The van der Waals surface area contributed by atoms with Gasteiger partial charge in [-0.2, -0.15) is 0 Å². The Kier molecular flexibility index (Phi) is 7.26. The Morgan fingerprint density at radius 3 is 2.50 bits per heavy atom. The molecule has 1 aromatic heterocycles. The van der Waals surface area contributed by atoms with Gasteiger partial charge in [0.1, 0.15) is 11.5 Å². The Labute approximate surface area is 182 Å². The predicted molar refractivity (Wildman–Crippen MR) is 118 cm³/mol. The summed E-state index contributed by atoms with van der Waals surface area (Å²) in [6.45, 7) is 1.95. The zero-order chi connectivity index (χ0) is 21.5. The minimum Gasteiger partial charge on any atom is -0.497 e. The van der Waals surface area contributed by atoms with Crippen molar-refractivity contribution in [3.05, 3.63) is 53.6 Å². The maximum absolute atomic E-state index is 12.3. The fourth-order valence-corrected chi connectivity index (χ4v) is 3.97. The van der Waals surface area contributed by atoms with Crippen molar-refractivity contribution < 1.29 is 19.1 Å². The Morgan fingerprint density at radius 2 is 1.80 bits per heavy atom. The number of amides is 2.